The zero-order chi connectivity index (χ0) is 15.4. The molecule has 0 fully saturated rings. The van der Waals surface area contributed by atoms with Gasteiger partial charge in [0, 0.05) is 23.5 Å². The average molecular weight is 283 g/mol. The van der Waals surface area contributed by atoms with Crippen LogP contribution in [-0.4, -0.2) is 24.9 Å². The molecule has 21 heavy (non-hydrogen) atoms. The summed E-state index contributed by atoms with van der Waals surface area (Å²) < 4.78 is 0. The first-order chi connectivity index (χ1) is 9.97. The van der Waals surface area contributed by atoms with Gasteiger partial charge in [-0.15, -0.1) is 0 Å². The zero-order valence-corrected chi connectivity index (χ0v) is 12.7. The summed E-state index contributed by atoms with van der Waals surface area (Å²) in [5.41, 5.74) is 9.86. The largest absolute Gasteiger partial charge is 0.398 e. The van der Waals surface area contributed by atoms with Gasteiger partial charge in [-0.3, -0.25) is 4.79 Å². The maximum Gasteiger partial charge on any atom is 0.256 e. The fourth-order valence-corrected chi connectivity index (χ4v) is 2.16. The molecule has 2 aromatic rings. The van der Waals surface area contributed by atoms with Crippen molar-refractivity contribution in [3.8, 4) is 0 Å². The summed E-state index contributed by atoms with van der Waals surface area (Å²) in [6.45, 7) is 2.73. The molecular formula is C17H21N3O. The second kappa shape index (κ2) is 6.41. The Morgan fingerprint density at radius 3 is 2.43 bits per heavy atom. The number of hydrogen-bond donors (Lipinski definition) is 2. The number of benzene rings is 2. The highest BCUT2D eigenvalue weighted by Gasteiger charge is 2.10. The second-order valence-corrected chi connectivity index (χ2v) is 5.41. The summed E-state index contributed by atoms with van der Waals surface area (Å²) in [7, 11) is 4.05. The second-order valence-electron chi connectivity index (χ2n) is 5.41. The van der Waals surface area contributed by atoms with Crippen LogP contribution in [0, 0.1) is 6.92 Å². The monoisotopic (exact) mass is 283 g/mol. The maximum atomic E-state index is 12.3. The van der Waals surface area contributed by atoms with E-state index in [1.165, 1.54) is 5.56 Å². The van der Waals surface area contributed by atoms with Gasteiger partial charge < -0.3 is 16.0 Å². The van der Waals surface area contributed by atoms with Crippen LogP contribution in [0.2, 0.25) is 0 Å². The Kier molecular flexibility index (Phi) is 4.60. The van der Waals surface area contributed by atoms with Crippen molar-refractivity contribution in [1.82, 2.24) is 4.90 Å². The number of nitrogens with two attached hydrogens (primary N) is 1. The Morgan fingerprint density at radius 1 is 1.14 bits per heavy atom. The fourth-order valence-electron chi connectivity index (χ4n) is 2.16. The average Bonchev–Trinajstić information content (AvgIpc) is 2.43. The first kappa shape index (κ1) is 15.1. The van der Waals surface area contributed by atoms with Gasteiger partial charge in [0.2, 0.25) is 0 Å². The summed E-state index contributed by atoms with van der Waals surface area (Å²) in [6.07, 6.45) is 0. The number of hydrogen-bond acceptors (Lipinski definition) is 3. The molecule has 0 heterocycles. The van der Waals surface area contributed by atoms with Crippen LogP contribution >= 0.6 is 0 Å². The predicted octanol–water partition coefficient (Wildman–Crippen LogP) is 2.89. The van der Waals surface area contributed by atoms with E-state index in [0.29, 0.717) is 11.3 Å². The number of nitrogens with zero attached hydrogens (tertiary/aromatic N) is 1. The van der Waals surface area contributed by atoms with E-state index >= 15 is 0 Å². The highest BCUT2D eigenvalue weighted by Crippen LogP contribution is 2.18. The number of nitrogens with one attached hydrogen (secondary N) is 1. The van der Waals surface area contributed by atoms with Crippen molar-refractivity contribution >= 4 is 17.3 Å². The van der Waals surface area contributed by atoms with Gasteiger partial charge in [0.05, 0.1) is 0 Å². The molecule has 0 aliphatic carbocycles. The van der Waals surface area contributed by atoms with E-state index in [2.05, 4.69) is 10.2 Å². The third kappa shape index (κ3) is 3.83. The van der Waals surface area contributed by atoms with Gasteiger partial charge in [0.25, 0.3) is 5.91 Å². The molecule has 2 aromatic carbocycles. The van der Waals surface area contributed by atoms with Crippen LogP contribution < -0.4 is 11.1 Å². The van der Waals surface area contributed by atoms with Gasteiger partial charge >= 0.3 is 0 Å². The molecule has 0 saturated carbocycles. The molecule has 0 radical (unpaired) electrons. The zero-order valence-electron chi connectivity index (χ0n) is 12.7. The Labute approximate surface area is 125 Å². The summed E-state index contributed by atoms with van der Waals surface area (Å²) in [5.74, 6) is -0.139. The molecule has 0 aliphatic rings. The van der Waals surface area contributed by atoms with E-state index in [9.17, 15) is 4.79 Å². The standard InChI is InChI=1S/C17H21N3O/c1-12-15(5-4-6-16(12)18)17(21)19-14-9-7-13(8-10-14)11-20(2)3/h4-10H,11,18H2,1-3H3,(H,19,21). The number of rotatable bonds is 4. The van der Waals surface area contributed by atoms with Gasteiger partial charge in [-0.05, 0) is 56.4 Å². The minimum Gasteiger partial charge on any atom is -0.398 e. The van der Waals surface area contributed by atoms with Crippen molar-refractivity contribution in [2.45, 2.75) is 13.5 Å². The highest BCUT2D eigenvalue weighted by atomic mass is 16.1. The molecule has 0 spiro atoms. The van der Waals surface area contributed by atoms with Gasteiger partial charge in [0.15, 0.2) is 0 Å². The molecule has 1 amide bonds. The number of nitrogen functional groups attached to an aromatic ring is 1. The number of amides is 1. The molecular weight excluding hydrogens is 262 g/mol. The quantitative estimate of drug-likeness (QED) is 0.848. The lowest BCUT2D eigenvalue weighted by atomic mass is 10.1. The van der Waals surface area contributed by atoms with E-state index in [0.717, 1.165) is 17.8 Å². The number of carbonyl (C=O) groups is 1. The van der Waals surface area contributed by atoms with Crippen molar-refractivity contribution < 1.29 is 4.79 Å². The van der Waals surface area contributed by atoms with Crippen LogP contribution in [0.3, 0.4) is 0 Å². The molecule has 4 heteroatoms. The minimum atomic E-state index is -0.139. The Balaban J connectivity index is 2.11. The lowest BCUT2D eigenvalue weighted by molar-refractivity contribution is 0.102. The summed E-state index contributed by atoms with van der Waals surface area (Å²) in [6, 6.07) is 13.2. The maximum absolute atomic E-state index is 12.3. The third-order valence-corrected chi connectivity index (χ3v) is 3.33. The Hall–Kier alpha value is -2.33. The van der Waals surface area contributed by atoms with Crippen LogP contribution in [0.4, 0.5) is 11.4 Å². The van der Waals surface area contributed by atoms with Crippen LogP contribution in [-0.2, 0) is 6.54 Å². The SMILES string of the molecule is Cc1c(N)cccc1C(=O)Nc1ccc(CN(C)C)cc1. The van der Waals surface area contributed by atoms with E-state index in [-0.39, 0.29) is 5.91 Å². The van der Waals surface area contributed by atoms with Gasteiger partial charge in [-0.2, -0.15) is 0 Å². The van der Waals surface area contributed by atoms with E-state index in [1.54, 1.807) is 18.2 Å². The molecule has 2 rings (SSSR count). The highest BCUT2D eigenvalue weighted by molar-refractivity contribution is 6.06. The molecule has 0 atom stereocenters. The molecule has 0 unspecified atom stereocenters. The Bertz CT molecular complexity index is 633. The molecule has 3 N–H and O–H groups in total. The number of carbonyl (C=O) groups excluding carboxylic acids is 1. The normalized spacial score (nSPS) is 10.7. The molecule has 0 saturated heterocycles. The van der Waals surface area contributed by atoms with E-state index < -0.39 is 0 Å². The molecule has 110 valence electrons. The van der Waals surface area contributed by atoms with Crippen LogP contribution in [0.1, 0.15) is 21.5 Å². The van der Waals surface area contributed by atoms with Crippen molar-refractivity contribution in [2.75, 3.05) is 25.1 Å². The fraction of sp³-hybridized carbons (Fsp3) is 0.235. The summed E-state index contributed by atoms with van der Waals surface area (Å²) in [4.78, 5) is 14.4. The van der Waals surface area contributed by atoms with Gasteiger partial charge in [-0.1, -0.05) is 18.2 Å². The van der Waals surface area contributed by atoms with Crippen LogP contribution in [0.5, 0.6) is 0 Å². The lowest BCUT2D eigenvalue weighted by Gasteiger charge is -2.11. The third-order valence-electron chi connectivity index (χ3n) is 3.33. The first-order valence-corrected chi connectivity index (χ1v) is 6.87. The Morgan fingerprint density at radius 2 is 1.81 bits per heavy atom. The van der Waals surface area contributed by atoms with Crippen molar-refractivity contribution in [3.63, 3.8) is 0 Å². The molecule has 0 aromatic heterocycles. The summed E-state index contributed by atoms with van der Waals surface area (Å²) >= 11 is 0. The molecule has 0 aliphatic heterocycles. The topological polar surface area (TPSA) is 58.4 Å². The first-order valence-electron chi connectivity index (χ1n) is 6.87. The van der Waals surface area contributed by atoms with Crippen LogP contribution in [0.25, 0.3) is 0 Å². The number of anilines is 2. The smallest absolute Gasteiger partial charge is 0.256 e. The molecule has 0 bridgehead atoms. The molecule has 4 nitrogen and oxygen atoms in total. The van der Waals surface area contributed by atoms with Crippen molar-refractivity contribution in [3.05, 3.63) is 59.2 Å². The van der Waals surface area contributed by atoms with Crippen molar-refractivity contribution in [2.24, 2.45) is 0 Å². The lowest BCUT2D eigenvalue weighted by Crippen LogP contribution is -2.14. The van der Waals surface area contributed by atoms with Gasteiger partial charge in [0.1, 0.15) is 0 Å². The summed E-state index contributed by atoms with van der Waals surface area (Å²) in [5, 5.41) is 2.90. The van der Waals surface area contributed by atoms with Crippen molar-refractivity contribution in [1.29, 1.82) is 0 Å². The minimum absolute atomic E-state index is 0.139. The van der Waals surface area contributed by atoms with E-state index in [4.69, 9.17) is 5.73 Å². The van der Waals surface area contributed by atoms with Gasteiger partial charge in [-0.25, -0.2) is 0 Å². The predicted molar refractivity (Wildman–Crippen MR) is 87.4 cm³/mol. The van der Waals surface area contributed by atoms with Crippen LogP contribution in [0.15, 0.2) is 42.5 Å². The van der Waals surface area contributed by atoms with E-state index in [1.807, 2.05) is 45.3 Å².